The maximum Gasteiger partial charge on any atom is 0.315 e. The van der Waals surface area contributed by atoms with E-state index in [1.165, 1.54) is 25.7 Å². The molecule has 2 saturated carbocycles. The predicted octanol–water partition coefficient (Wildman–Crippen LogP) is 1.98. The third kappa shape index (κ3) is 1.38. The Morgan fingerprint density at radius 2 is 2.21 bits per heavy atom. The van der Waals surface area contributed by atoms with Crippen LogP contribution in [0.5, 0.6) is 0 Å². The summed E-state index contributed by atoms with van der Waals surface area (Å²) in [6.07, 6.45) is 5.59. The Labute approximate surface area is 83.1 Å². The van der Waals surface area contributed by atoms with E-state index in [2.05, 4.69) is 15.5 Å². The summed E-state index contributed by atoms with van der Waals surface area (Å²) in [6.45, 7) is 2.82. The summed E-state index contributed by atoms with van der Waals surface area (Å²) >= 11 is 0. The van der Waals surface area contributed by atoms with Gasteiger partial charge in [0.2, 0.25) is 5.89 Å². The molecule has 0 aromatic carbocycles. The molecule has 76 valence electrons. The fraction of sp³-hybridized carbons (Fsp3) is 0.800. The molecule has 0 aliphatic heterocycles. The molecule has 0 bridgehead atoms. The normalized spacial score (nSPS) is 23.5. The van der Waals surface area contributed by atoms with Gasteiger partial charge in [0.05, 0.1) is 0 Å². The number of nitrogens with one attached hydrogen (secondary N) is 1. The highest BCUT2D eigenvalue weighted by molar-refractivity contribution is 5.21. The molecule has 0 atom stereocenters. The minimum absolute atomic E-state index is 0.578. The summed E-state index contributed by atoms with van der Waals surface area (Å²) in [4.78, 5) is 0. The molecular formula is C10H15N3O. The van der Waals surface area contributed by atoms with Gasteiger partial charge in [0.15, 0.2) is 0 Å². The maximum atomic E-state index is 5.27. The van der Waals surface area contributed by atoms with E-state index < -0.39 is 0 Å². The number of hydrogen-bond acceptors (Lipinski definition) is 4. The quantitative estimate of drug-likeness (QED) is 0.794. The van der Waals surface area contributed by atoms with Crippen molar-refractivity contribution in [1.29, 1.82) is 0 Å². The molecule has 14 heavy (non-hydrogen) atoms. The number of rotatable bonds is 4. The molecule has 3 rings (SSSR count). The molecule has 0 unspecified atom stereocenters. The first-order valence-electron chi connectivity index (χ1n) is 5.32. The average molecular weight is 193 g/mol. The molecule has 1 aromatic heterocycles. The van der Waals surface area contributed by atoms with Crippen LogP contribution in [0.15, 0.2) is 4.42 Å². The fourth-order valence-corrected chi connectivity index (χ4v) is 2.21. The molecule has 0 radical (unpaired) electrons. The lowest BCUT2D eigenvalue weighted by Crippen LogP contribution is -2.17. The van der Waals surface area contributed by atoms with Crippen molar-refractivity contribution in [2.45, 2.75) is 32.6 Å². The highest BCUT2D eigenvalue weighted by atomic mass is 16.4. The van der Waals surface area contributed by atoms with Gasteiger partial charge in [-0.25, -0.2) is 0 Å². The molecule has 2 fully saturated rings. The lowest BCUT2D eigenvalue weighted by Gasteiger charge is -2.12. The van der Waals surface area contributed by atoms with E-state index in [1.54, 1.807) is 0 Å². The number of nitrogens with zero attached hydrogens (tertiary/aromatic N) is 2. The van der Waals surface area contributed by atoms with E-state index >= 15 is 0 Å². The Morgan fingerprint density at radius 1 is 1.43 bits per heavy atom. The summed E-state index contributed by atoms with van der Waals surface area (Å²) in [5.41, 5.74) is 0.586. The summed E-state index contributed by atoms with van der Waals surface area (Å²) in [5.74, 6) is 1.60. The van der Waals surface area contributed by atoms with Gasteiger partial charge in [-0.1, -0.05) is 5.10 Å². The number of anilines is 1. The van der Waals surface area contributed by atoms with E-state index in [9.17, 15) is 0 Å². The Hall–Kier alpha value is -1.06. The minimum Gasteiger partial charge on any atom is -0.408 e. The average Bonchev–Trinajstić information content (AvgIpc) is 3.03. The van der Waals surface area contributed by atoms with Gasteiger partial charge >= 0.3 is 6.01 Å². The highest BCUT2D eigenvalue weighted by Crippen LogP contribution is 2.61. The van der Waals surface area contributed by atoms with Gasteiger partial charge in [-0.3, -0.25) is 0 Å². The zero-order valence-electron chi connectivity index (χ0n) is 8.42. The van der Waals surface area contributed by atoms with Gasteiger partial charge < -0.3 is 9.73 Å². The number of aryl methyl sites for hydroxylation is 1. The monoisotopic (exact) mass is 193 g/mol. The summed E-state index contributed by atoms with van der Waals surface area (Å²) in [5, 5.41) is 11.0. The van der Waals surface area contributed by atoms with Crippen LogP contribution >= 0.6 is 0 Å². The molecule has 2 aliphatic rings. The Morgan fingerprint density at radius 3 is 2.71 bits per heavy atom. The molecule has 1 N–H and O–H groups in total. The molecular weight excluding hydrogens is 178 g/mol. The molecule has 2 aliphatic carbocycles. The first-order valence-corrected chi connectivity index (χ1v) is 5.32. The topological polar surface area (TPSA) is 51.0 Å². The van der Waals surface area contributed by atoms with Gasteiger partial charge in [0, 0.05) is 13.5 Å². The molecule has 0 amide bonds. The van der Waals surface area contributed by atoms with Crippen molar-refractivity contribution in [2.24, 2.45) is 11.3 Å². The largest absolute Gasteiger partial charge is 0.408 e. The van der Waals surface area contributed by atoms with Crippen LogP contribution in [0.2, 0.25) is 0 Å². The van der Waals surface area contributed by atoms with Crippen molar-refractivity contribution in [3.63, 3.8) is 0 Å². The Balaban J connectivity index is 1.59. The van der Waals surface area contributed by atoms with E-state index in [0.717, 1.165) is 12.5 Å². The van der Waals surface area contributed by atoms with Crippen LogP contribution in [0.25, 0.3) is 0 Å². The van der Waals surface area contributed by atoms with Crippen molar-refractivity contribution in [2.75, 3.05) is 11.9 Å². The first kappa shape index (κ1) is 8.26. The fourth-order valence-electron chi connectivity index (χ4n) is 2.21. The predicted molar refractivity (Wildman–Crippen MR) is 51.9 cm³/mol. The lowest BCUT2D eigenvalue weighted by molar-refractivity contribution is 0.453. The van der Waals surface area contributed by atoms with Gasteiger partial charge in [-0.2, -0.15) is 0 Å². The van der Waals surface area contributed by atoms with E-state index in [4.69, 9.17) is 4.42 Å². The van der Waals surface area contributed by atoms with Crippen molar-refractivity contribution in [1.82, 2.24) is 10.2 Å². The molecule has 4 heteroatoms. The van der Waals surface area contributed by atoms with Crippen LogP contribution < -0.4 is 5.32 Å². The lowest BCUT2D eigenvalue weighted by atomic mass is 10.0. The summed E-state index contributed by atoms with van der Waals surface area (Å²) in [7, 11) is 0. The van der Waals surface area contributed by atoms with Crippen LogP contribution in [-0.2, 0) is 0 Å². The zero-order valence-corrected chi connectivity index (χ0v) is 8.42. The molecule has 0 spiro atoms. The highest BCUT2D eigenvalue weighted by Gasteiger charge is 2.53. The standard InChI is InChI=1S/C10H15N3O/c1-7-12-13-9(14-7)11-6-10(4-5-10)8-2-3-8/h8H,2-6H2,1H3,(H,11,13). The second kappa shape index (κ2) is 2.72. The van der Waals surface area contributed by atoms with Gasteiger partial charge in [-0.15, -0.1) is 5.10 Å². The van der Waals surface area contributed by atoms with Gasteiger partial charge in [0.1, 0.15) is 0 Å². The third-order valence-electron chi connectivity index (χ3n) is 3.45. The molecule has 0 saturated heterocycles. The van der Waals surface area contributed by atoms with Crippen molar-refractivity contribution in [3.8, 4) is 0 Å². The zero-order chi connectivity index (χ0) is 9.60. The minimum atomic E-state index is 0.578. The van der Waals surface area contributed by atoms with Crippen molar-refractivity contribution in [3.05, 3.63) is 5.89 Å². The molecule has 4 nitrogen and oxygen atoms in total. The van der Waals surface area contributed by atoms with Crippen LogP contribution in [0, 0.1) is 18.3 Å². The number of aromatic nitrogens is 2. The van der Waals surface area contributed by atoms with Gasteiger partial charge in [0.25, 0.3) is 0 Å². The Kier molecular flexibility index (Phi) is 1.60. The molecule has 1 heterocycles. The van der Waals surface area contributed by atoms with E-state index in [1.807, 2.05) is 6.92 Å². The second-order valence-electron chi connectivity index (χ2n) is 4.62. The van der Waals surface area contributed by atoms with Crippen LogP contribution in [-0.4, -0.2) is 16.7 Å². The SMILES string of the molecule is Cc1nnc(NCC2(C3CC3)CC2)o1. The third-order valence-corrected chi connectivity index (χ3v) is 3.45. The molecule has 1 aromatic rings. The first-order chi connectivity index (χ1) is 6.78. The smallest absolute Gasteiger partial charge is 0.315 e. The van der Waals surface area contributed by atoms with E-state index in [-0.39, 0.29) is 0 Å². The second-order valence-corrected chi connectivity index (χ2v) is 4.62. The maximum absolute atomic E-state index is 5.27. The summed E-state index contributed by atoms with van der Waals surface area (Å²) in [6, 6.07) is 0.578. The summed E-state index contributed by atoms with van der Waals surface area (Å²) < 4.78 is 5.27. The van der Waals surface area contributed by atoms with Crippen molar-refractivity contribution >= 4 is 6.01 Å². The van der Waals surface area contributed by atoms with Crippen LogP contribution in [0.3, 0.4) is 0 Å². The van der Waals surface area contributed by atoms with Crippen LogP contribution in [0.4, 0.5) is 6.01 Å². The van der Waals surface area contributed by atoms with Gasteiger partial charge in [-0.05, 0) is 37.0 Å². The van der Waals surface area contributed by atoms with E-state index in [0.29, 0.717) is 17.3 Å². The number of hydrogen-bond donors (Lipinski definition) is 1. The Bertz CT molecular complexity index is 339. The van der Waals surface area contributed by atoms with Crippen molar-refractivity contribution < 1.29 is 4.42 Å². The van der Waals surface area contributed by atoms with Crippen LogP contribution in [0.1, 0.15) is 31.6 Å².